The van der Waals surface area contributed by atoms with Crippen LogP contribution < -0.4 is 10.6 Å². The topological polar surface area (TPSA) is 81.1 Å². The summed E-state index contributed by atoms with van der Waals surface area (Å²) in [6.07, 6.45) is 2.22. The van der Waals surface area contributed by atoms with Crippen molar-refractivity contribution in [1.82, 2.24) is 14.8 Å². The molecule has 1 saturated heterocycles. The third kappa shape index (κ3) is 6.50. The van der Waals surface area contributed by atoms with E-state index in [2.05, 4.69) is 57.4 Å². The summed E-state index contributed by atoms with van der Waals surface area (Å²) in [5.41, 5.74) is 4.21. The molecule has 4 rings (SSSR count). The van der Waals surface area contributed by atoms with Crippen LogP contribution in [0.15, 0.2) is 47.6 Å². The number of halogens is 1. The zero-order chi connectivity index (χ0) is 23.2. The van der Waals surface area contributed by atoms with Gasteiger partial charge in [-0.2, -0.15) is 0 Å². The van der Waals surface area contributed by atoms with Crippen molar-refractivity contribution in [1.29, 1.82) is 0 Å². The Labute approximate surface area is 203 Å². The predicted molar refractivity (Wildman–Crippen MR) is 133 cm³/mol. The summed E-state index contributed by atoms with van der Waals surface area (Å²) in [6, 6.07) is 13.4. The third-order valence-electron chi connectivity index (χ3n) is 5.48. The normalized spacial score (nSPS) is 15.5. The van der Waals surface area contributed by atoms with Crippen molar-refractivity contribution in [2.45, 2.75) is 51.0 Å². The molecule has 2 aromatic carbocycles. The highest BCUT2D eigenvalue weighted by Crippen LogP contribution is 2.23. The van der Waals surface area contributed by atoms with Gasteiger partial charge in [0.15, 0.2) is 11.0 Å². The minimum atomic E-state index is -0.107. The van der Waals surface area contributed by atoms with Gasteiger partial charge in [0.25, 0.3) is 0 Å². The van der Waals surface area contributed by atoms with E-state index in [-0.39, 0.29) is 17.8 Å². The van der Waals surface area contributed by atoms with Gasteiger partial charge in [-0.3, -0.25) is 4.79 Å². The van der Waals surface area contributed by atoms with E-state index in [1.54, 1.807) is 24.3 Å². The first-order valence-electron chi connectivity index (χ1n) is 11.0. The highest BCUT2D eigenvalue weighted by atomic mass is 35.5. The van der Waals surface area contributed by atoms with Gasteiger partial charge >= 0.3 is 0 Å². The summed E-state index contributed by atoms with van der Waals surface area (Å²) < 4.78 is 7.93. The average Bonchev–Trinajstić information content (AvgIpc) is 3.44. The van der Waals surface area contributed by atoms with Gasteiger partial charge in [-0.15, -0.1) is 10.2 Å². The molecule has 2 heterocycles. The summed E-state index contributed by atoms with van der Waals surface area (Å²) in [6.45, 7) is 6.18. The summed E-state index contributed by atoms with van der Waals surface area (Å²) >= 11 is 7.29. The molecule has 0 bridgehead atoms. The molecule has 174 valence electrons. The van der Waals surface area contributed by atoms with Crippen LogP contribution >= 0.6 is 23.4 Å². The molecular weight excluding hydrogens is 458 g/mol. The molecule has 0 spiro atoms. The first-order valence-corrected chi connectivity index (χ1v) is 12.4. The van der Waals surface area contributed by atoms with Crippen molar-refractivity contribution in [2.24, 2.45) is 0 Å². The van der Waals surface area contributed by atoms with Gasteiger partial charge in [0.2, 0.25) is 5.91 Å². The minimum absolute atomic E-state index is 0.107. The van der Waals surface area contributed by atoms with Crippen LogP contribution in [-0.4, -0.2) is 39.1 Å². The Kier molecular flexibility index (Phi) is 7.90. The Balaban J connectivity index is 1.43. The van der Waals surface area contributed by atoms with E-state index >= 15 is 0 Å². The number of rotatable bonds is 9. The number of nitrogens with zero attached hydrogens (tertiary/aromatic N) is 3. The molecule has 1 unspecified atom stereocenters. The summed E-state index contributed by atoms with van der Waals surface area (Å²) in [5, 5.41) is 16.5. The number of nitrogens with one attached hydrogen (secondary N) is 2. The molecule has 1 atom stereocenters. The molecule has 1 amide bonds. The van der Waals surface area contributed by atoms with Gasteiger partial charge in [-0.25, -0.2) is 0 Å². The van der Waals surface area contributed by atoms with E-state index in [0.29, 0.717) is 29.0 Å². The molecule has 1 aliphatic heterocycles. The van der Waals surface area contributed by atoms with E-state index in [1.807, 2.05) is 0 Å². The van der Waals surface area contributed by atoms with Crippen LogP contribution in [0, 0.1) is 13.8 Å². The number of aromatic nitrogens is 3. The van der Waals surface area contributed by atoms with Crippen molar-refractivity contribution in [3.63, 3.8) is 0 Å². The molecule has 0 saturated carbocycles. The van der Waals surface area contributed by atoms with Gasteiger partial charge in [-0.05, 0) is 62.6 Å². The average molecular weight is 486 g/mol. The van der Waals surface area contributed by atoms with Crippen molar-refractivity contribution in [3.8, 4) is 0 Å². The Hall–Kier alpha value is -2.55. The second kappa shape index (κ2) is 11.0. The quantitative estimate of drug-likeness (QED) is 0.412. The number of ether oxygens (including phenoxy) is 1. The Morgan fingerprint density at radius 3 is 2.76 bits per heavy atom. The highest BCUT2D eigenvalue weighted by Gasteiger charge is 2.21. The molecule has 0 radical (unpaired) electrons. The lowest BCUT2D eigenvalue weighted by Crippen LogP contribution is -2.20. The first kappa shape index (κ1) is 23.6. The van der Waals surface area contributed by atoms with Crippen LogP contribution in [0.4, 0.5) is 11.4 Å². The lowest BCUT2D eigenvalue weighted by atomic mass is 10.1. The zero-order valence-corrected chi connectivity index (χ0v) is 20.4. The van der Waals surface area contributed by atoms with E-state index in [0.717, 1.165) is 31.0 Å². The van der Waals surface area contributed by atoms with E-state index in [4.69, 9.17) is 16.3 Å². The molecule has 1 aromatic heterocycles. The number of amides is 1. The molecule has 1 aliphatic rings. The predicted octanol–water partition coefficient (Wildman–Crippen LogP) is 5.07. The third-order valence-corrected chi connectivity index (χ3v) is 6.70. The zero-order valence-electron chi connectivity index (χ0n) is 18.8. The van der Waals surface area contributed by atoms with Crippen LogP contribution in [0.1, 0.15) is 29.8 Å². The van der Waals surface area contributed by atoms with Gasteiger partial charge in [0.05, 0.1) is 24.9 Å². The first-order chi connectivity index (χ1) is 16.0. The van der Waals surface area contributed by atoms with Gasteiger partial charge in [0.1, 0.15) is 0 Å². The van der Waals surface area contributed by atoms with Crippen molar-refractivity contribution < 1.29 is 9.53 Å². The maximum atomic E-state index is 12.4. The van der Waals surface area contributed by atoms with Crippen LogP contribution in [0.5, 0.6) is 0 Å². The molecule has 2 N–H and O–H groups in total. The van der Waals surface area contributed by atoms with Gasteiger partial charge in [-0.1, -0.05) is 41.1 Å². The van der Waals surface area contributed by atoms with Crippen molar-refractivity contribution >= 4 is 40.6 Å². The van der Waals surface area contributed by atoms with Crippen molar-refractivity contribution in [3.05, 3.63) is 64.4 Å². The number of aryl methyl sites for hydroxylation is 2. The monoisotopic (exact) mass is 485 g/mol. The largest absolute Gasteiger partial charge is 0.378 e. The van der Waals surface area contributed by atoms with Crippen LogP contribution in [0.3, 0.4) is 0 Å². The lowest BCUT2D eigenvalue weighted by molar-refractivity contribution is -0.113. The standard InChI is InChI=1S/C24H28ClN5O2S/c1-16-5-10-21(17(2)12-16)26-13-22-28-29-24(30(22)14-20-4-3-11-32-20)33-15-23(31)27-19-8-6-18(25)7-9-19/h5-10,12,20,26H,3-4,11,13-15H2,1-2H3,(H,27,31). The number of anilines is 2. The van der Waals surface area contributed by atoms with Gasteiger partial charge in [0, 0.05) is 23.0 Å². The SMILES string of the molecule is Cc1ccc(NCc2nnc(SCC(=O)Nc3ccc(Cl)cc3)n2CC2CCCO2)c(C)c1. The summed E-state index contributed by atoms with van der Waals surface area (Å²) in [4.78, 5) is 12.4. The maximum Gasteiger partial charge on any atom is 0.234 e. The Morgan fingerprint density at radius 1 is 1.21 bits per heavy atom. The second-order valence-electron chi connectivity index (χ2n) is 8.16. The number of thioether (sulfide) groups is 1. The fourth-order valence-corrected chi connectivity index (χ4v) is 4.67. The molecule has 3 aromatic rings. The lowest BCUT2D eigenvalue weighted by Gasteiger charge is -2.16. The number of benzene rings is 2. The molecule has 9 heteroatoms. The van der Waals surface area contributed by atoms with Crippen molar-refractivity contribution in [2.75, 3.05) is 23.0 Å². The van der Waals surface area contributed by atoms with E-state index in [1.165, 1.54) is 22.9 Å². The minimum Gasteiger partial charge on any atom is -0.378 e. The van der Waals surface area contributed by atoms with Crippen LogP contribution in [0.2, 0.25) is 5.02 Å². The fraction of sp³-hybridized carbons (Fsp3) is 0.375. The smallest absolute Gasteiger partial charge is 0.234 e. The maximum absolute atomic E-state index is 12.4. The molecular formula is C24H28ClN5O2S. The molecule has 1 fully saturated rings. The Morgan fingerprint density at radius 2 is 2.03 bits per heavy atom. The summed E-state index contributed by atoms with van der Waals surface area (Å²) in [5.74, 6) is 0.951. The second-order valence-corrected chi connectivity index (χ2v) is 9.54. The van der Waals surface area contributed by atoms with Crippen LogP contribution in [0.25, 0.3) is 0 Å². The summed E-state index contributed by atoms with van der Waals surface area (Å²) in [7, 11) is 0. The number of hydrogen-bond acceptors (Lipinski definition) is 6. The number of carbonyl (C=O) groups is 1. The fourth-order valence-electron chi connectivity index (χ4n) is 3.78. The number of hydrogen-bond donors (Lipinski definition) is 2. The van der Waals surface area contributed by atoms with Gasteiger partial charge < -0.3 is 19.9 Å². The highest BCUT2D eigenvalue weighted by molar-refractivity contribution is 7.99. The van der Waals surface area contributed by atoms with Crippen LogP contribution in [-0.2, 0) is 22.6 Å². The molecule has 0 aliphatic carbocycles. The van der Waals surface area contributed by atoms with E-state index < -0.39 is 0 Å². The molecule has 7 nitrogen and oxygen atoms in total. The molecule has 33 heavy (non-hydrogen) atoms. The van der Waals surface area contributed by atoms with E-state index in [9.17, 15) is 4.79 Å². The Bertz CT molecular complexity index is 1100. The number of carbonyl (C=O) groups excluding carboxylic acids is 1.